The van der Waals surface area contributed by atoms with Crippen molar-refractivity contribution in [1.82, 2.24) is 0 Å². The number of rotatable bonds is 2. The Morgan fingerprint density at radius 3 is 2.67 bits per heavy atom. The number of benzene rings is 1. The van der Waals surface area contributed by atoms with Gasteiger partial charge in [0.2, 0.25) is 0 Å². The number of hydrogen-bond donors (Lipinski definition) is 2. The number of anilines is 1. The van der Waals surface area contributed by atoms with Gasteiger partial charge in [0.15, 0.2) is 5.75 Å². The monoisotopic (exact) mass is 244 g/mol. The number of phenols is 1. The zero-order valence-corrected chi connectivity index (χ0v) is 9.60. The Hall–Kier alpha value is -1.19. The minimum atomic E-state index is -0.181. The Morgan fingerprint density at radius 1 is 1.53 bits per heavy atom. The van der Waals surface area contributed by atoms with Crippen molar-refractivity contribution in [3.63, 3.8) is 0 Å². The Balaban J connectivity index is 3.46. The van der Waals surface area contributed by atoms with Crippen molar-refractivity contribution >= 4 is 40.3 Å². The van der Waals surface area contributed by atoms with Crippen molar-refractivity contribution in [1.29, 1.82) is 0 Å². The van der Waals surface area contributed by atoms with Crippen LogP contribution in [0.1, 0.15) is 6.92 Å². The van der Waals surface area contributed by atoms with Crippen LogP contribution in [0.4, 0.5) is 11.4 Å². The van der Waals surface area contributed by atoms with E-state index in [-0.39, 0.29) is 27.2 Å². The molecule has 0 saturated heterocycles. The Bertz CT molecular complexity index is 415. The fourth-order valence-corrected chi connectivity index (χ4v) is 1.40. The molecule has 0 aliphatic heterocycles. The lowest BCUT2D eigenvalue weighted by molar-refractivity contribution is 0.477. The molecule has 0 atom stereocenters. The summed E-state index contributed by atoms with van der Waals surface area (Å²) in [6, 6.07) is 1.37. The molecule has 0 fully saturated rings. The second-order valence-electron chi connectivity index (χ2n) is 2.91. The van der Waals surface area contributed by atoms with E-state index < -0.39 is 0 Å². The smallest absolute Gasteiger partial charge is 0.162 e. The number of nitrogens with zero attached hydrogens (tertiary/aromatic N) is 1. The van der Waals surface area contributed by atoms with E-state index in [1.165, 1.54) is 12.1 Å². The maximum absolute atomic E-state index is 9.64. The number of nitrogen functional groups attached to an aromatic ring is 1. The van der Waals surface area contributed by atoms with Crippen LogP contribution in [0.5, 0.6) is 5.75 Å². The number of halogens is 2. The maximum Gasteiger partial charge on any atom is 0.162 e. The van der Waals surface area contributed by atoms with Gasteiger partial charge in [-0.05, 0) is 19.1 Å². The molecule has 0 bridgehead atoms. The molecule has 15 heavy (non-hydrogen) atoms. The van der Waals surface area contributed by atoms with E-state index in [1.807, 2.05) is 0 Å². The molecule has 0 saturated carbocycles. The van der Waals surface area contributed by atoms with Crippen molar-refractivity contribution in [3.8, 4) is 5.75 Å². The van der Waals surface area contributed by atoms with E-state index >= 15 is 0 Å². The van der Waals surface area contributed by atoms with Gasteiger partial charge in [-0.1, -0.05) is 29.8 Å². The third-order valence-electron chi connectivity index (χ3n) is 1.80. The molecular weight excluding hydrogens is 235 g/mol. The molecule has 3 nitrogen and oxygen atoms in total. The summed E-state index contributed by atoms with van der Waals surface area (Å²) in [6.45, 7) is 5.26. The lowest BCUT2D eigenvalue weighted by Gasteiger charge is -2.07. The van der Waals surface area contributed by atoms with Gasteiger partial charge in [-0.15, -0.1) is 0 Å². The summed E-state index contributed by atoms with van der Waals surface area (Å²) in [5.41, 5.74) is 6.64. The molecule has 0 unspecified atom stereocenters. The van der Waals surface area contributed by atoms with Gasteiger partial charge in [-0.3, -0.25) is 0 Å². The molecule has 3 N–H and O–H groups in total. The summed E-state index contributed by atoms with van der Waals surface area (Å²) in [5.74, 6) is -0.181. The largest absolute Gasteiger partial charge is 0.504 e. The Labute approximate surface area is 97.8 Å². The second-order valence-corrected chi connectivity index (χ2v) is 3.72. The summed E-state index contributed by atoms with van der Waals surface area (Å²) >= 11 is 11.5. The first-order chi connectivity index (χ1) is 6.97. The normalized spacial score (nSPS) is 11.5. The van der Waals surface area contributed by atoms with E-state index in [9.17, 15) is 5.11 Å². The zero-order valence-electron chi connectivity index (χ0n) is 8.09. The van der Waals surface area contributed by atoms with Gasteiger partial charge >= 0.3 is 0 Å². The number of nitrogens with two attached hydrogens (primary N) is 1. The van der Waals surface area contributed by atoms with Gasteiger partial charge in [-0.2, -0.15) is 0 Å². The van der Waals surface area contributed by atoms with Gasteiger partial charge < -0.3 is 10.8 Å². The molecule has 1 aromatic carbocycles. The Morgan fingerprint density at radius 2 is 2.13 bits per heavy atom. The molecule has 0 spiro atoms. The summed E-state index contributed by atoms with van der Waals surface area (Å²) in [7, 11) is 0. The Kier molecular flexibility index (Phi) is 3.61. The average molecular weight is 245 g/mol. The molecule has 0 radical (unpaired) electrons. The van der Waals surface area contributed by atoms with Crippen LogP contribution >= 0.6 is 23.2 Å². The van der Waals surface area contributed by atoms with Crippen molar-refractivity contribution in [2.24, 2.45) is 4.99 Å². The predicted molar refractivity (Wildman–Crippen MR) is 65.5 cm³/mol. The van der Waals surface area contributed by atoms with Crippen molar-refractivity contribution in [2.75, 3.05) is 5.73 Å². The topological polar surface area (TPSA) is 58.6 Å². The zero-order chi connectivity index (χ0) is 11.6. The van der Waals surface area contributed by atoms with Crippen LogP contribution in [0.2, 0.25) is 10.0 Å². The van der Waals surface area contributed by atoms with E-state index in [0.29, 0.717) is 5.71 Å². The third-order valence-corrected chi connectivity index (χ3v) is 2.40. The van der Waals surface area contributed by atoms with Crippen LogP contribution in [0.15, 0.2) is 23.7 Å². The van der Waals surface area contributed by atoms with Gasteiger partial charge in [0, 0.05) is 5.71 Å². The number of aliphatic imine (C=N–C) groups is 1. The number of hydrogen-bond acceptors (Lipinski definition) is 3. The highest BCUT2D eigenvalue weighted by molar-refractivity contribution is 6.38. The van der Waals surface area contributed by atoms with Crippen molar-refractivity contribution in [3.05, 3.63) is 28.8 Å². The molecule has 0 amide bonds. The third kappa shape index (κ3) is 2.43. The quantitative estimate of drug-likeness (QED) is 0.618. The molecule has 0 aromatic heterocycles. The van der Waals surface area contributed by atoms with Crippen LogP contribution < -0.4 is 5.73 Å². The fraction of sp³-hybridized carbons (Fsp3) is 0.100. The molecule has 0 aliphatic carbocycles. The average Bonchev–Trinajstić information content (AvgIpc) is 2.21. The lowest BCUT2D eigenvalue weighted by atomic mass is 10.2. The van der Waals surface area contributed by atoms with E-state index in [4.69, 9.17) is 28.9 Å². The number of phenolic OH excluding ortho intramolecular Hbond substituents is 1. The maximum atomic E-state index is 9.64. The number of allylic oxidation sites excluding steroid dienone is 1. The molecule has 1 aromatic rings. The van der Waals surface area contributed by atoms with Crippen LogP contribution in [-0.4, -0.2) is 10.8 Å². The van der Waals surface area contributed by atoms with Gasteiger partial charge in [0.05, 0.1) is 15.7 Å². The molecule has 1 rings (SSSR count). The highest BCUT2D eigenvalue weighted by Crippen LogP contribution is 2.43. The molecule has 5 heteroatoms. The minimum absolute atomic E-state index is 0.116. The van der Waals surface area contributed by atoms with Crippen molar-refractivity contribution < 1.29 is 5.11 Å². The highest BCUT2D eigenvalue weighted by Gasteiger charge is 2.13. The first-order valence-electron chi connectivity index (χ1n) is 4.11. The standard InChI is InChI=1S/C10H10Cl2N2O/c1-3-5(2)14-9-8(13)6(11)4-7(12)10(9)15/h3-4,15H,1,13H2,2H3/b14-5-. The summed E-state index contributed by atoms with van der Waals surface area (Å²) in [4.78, 5) is 4.05. The minimum Gasteiger partial charge on any atom is -0.504 e. The lowest BCUT2D eigenvalue weighted by Crippen LogP contribution is -1.90. The summed E-state index contributed by atoms with van der Waals surface area (Å²) in [5, 5.41) is 10.0. The molecule has 0 aliphatic rings. The van der Waals surface area contributed by atoms with Crippen LogP contribution in [0.3, 0.4) is 0 Å². The van der Waals surface area contributed by atoms with Crippen LogP contribution in [0.25, 0.3) is 0 Å². The van der Waals surface area contributed by atoms with Gasteiger partial charge in [0.1, 0.15) is 5.69 Å². The van der Waals surface area contributed by atoms with E-state index in [2.05, 4.69) is 11.6 Å². The van der Waals surface area contributed by atoms with Crippen LogP contribution in [-0.2, 0) is 0 Å². The predicted octanol–water partition coefficient (Wildman–Crippen LogP) is 3.56. The first-order valence-corrected chi connectivity index (χ1v) is 4.87. The highest BCUT2D eigenvalue weighted by atomic mass is 35.5. The van der Waals surface area contributed by atoms with Crippen molar-refractivity contribution in [2.45, 2.75) is 6.92 Å². The molecule has 80 valence electrons. The second kappa shape index (κ2) is 4.55. The molecular formula is C10H10Cl2N2O. The first kappa shape index (κ1) is 11.9. The van der Waals surface area contributed by atoms with Gasteiger partial charge in [0.25, 0.3) is 0 Å². The van der Waals surface area contributed by atoms with E-state index in [0.717, 1.165) is 0 Å². The fourth-order valence-electron chi connectivity index (χ4n) is 0.946. The van der Waals surface area contributed by atoms with E-state index in [1.54, 1.807) is 6.92 Å². The van der Waals surface area contributed by atoms with Crippen LogP contribution in [0, 0.1) is 0 Å². The van der Waals surface area contributed by atoms with Gasteiger partial charge in [-0.25, -0.2) is 4.99 Å². The molecule has 0 heterocycles. The SMILES string of the molecule is C=C/C(C)=N\c1c(N)c(Cl)cc(Cl)c1O. The summed E-state index contributed by atoms with van der Waals surface area (Å²) in [6.07, 6.45) is 1.54. The summed E-state index contributed by atoms with van der Waals surface area (Å²) < 4.78 is 0. The number of aromatic hydroxyl groups is 1.